The zero-order valence-corrected chi connectivity index (χ0v) is 14.7. The van der Waals surface area contributed by atoms with Crippen molar-refractivity contribution in [3.63, 3.8) is 0 Å². The lowest BCUT2D eigenvalue weighted by molar-refractivity contribution is 0.102. The number of carbonyl (C=O) groups is 1. The molecular formula is C15H7Cl4N3O2. The van der Waals surface area contributed by atoms with Crippen molar-refractivity contribution in [3.8, 4) is 11.5 Å². The average Bonchev–Trinajstić information content (AvgIpc) is 2.94. The summed E-state index contributed by atoms with van der Waals surface area (Å²) in [5.74, 6) is -0.340. The third-order valence-electron chi connectivity index (χ3n) is 2.93. The van der Waals surface area contributed by atoms with Crippen LogP contribution in [0.3, 0.4) is 0 Å². The van der Waals surface area contributed by atoms with Gasteiger partial charge >= 0.3 is 6.01 Å². The van der Waals surface area contributed by atoms with Gasteiger partial charge in [-0.2, -0.15) is 0 Å². The van der Waals surface area contributed by atoms with Crippen molar-refractivity contribution in [2.45, 2.75) is 0 Å². The van der Waals surface area contributed by atoms with Gasteiger partial charge in [0.1, 0.15) is 0 Å². The number of benzene rings is 2. The van der Waals surface area contributed by atoms with E-state index in [1.54, 1.807) is 18.2 Å². The van der Waals surface area contributed by atoms with Crippen LogP contribution in [0.1, 0.15) is 10.4 Å². The van der Waals surface area contributed by atoms with Gasteiger partial charge in [0, 0.05) is 20.6 Å². The van der Waals surface area contributed by atoms with Gasteiger partial charge in [-0.05, 0) is 36.4 Å². The number of amides is 1. The largest absolute Gasteiger partial charge is 0.403 e. The van der Waals surface area contributed by atoms with Crippen LogP contribution in [0.25, 0.3) is 11.5 Å². The third-order valence-corrected chi connectivity index (χ3v) is 3.92. The van der Waals surface area contributed by atoms with Gasteiger partial charge in [0.25, 0.3) is 11.8 Å². The molecule has 3 rings (SSSR count). The van der Waals surface area contributed by atoms with Crippen LogP contribution in [0.4, 0.5) is 6.01 Å². The summed E-state index contributed by atoms with van der Waals surface area (Å²) in [6.07, 6.45) is 0. The summed E-state index contributed by atoms with van der Waals surface area (Å²) in [5, 5.41) is 11.6. The highest BCUT2D eigenvalue weighted by Crippen LogP contribution is 2.30. The van der Waals surface area contributed by atoms with E-state index in [0.717, 1.165) is 0 Å². The molecule has 0 fully saturated rings. The van der Waals surface area contributed by atoms with Crippen LogP contribution in [-0.4, -0.2) is 16.1 Å². The molecule has 1 aromatic heterocycles. The van der Waals surface area contributed by atoms with Crippen molar-refractivity contribution in [2.24, 2.45) is 0 Å². The number of anilines is 1. The first-order valence-electron chi connectivity index (χ1n) is 6.49. The smallest absolute Gasteiger partial charge is 0.322 e. The zero-order valence-electron chi connectivity index (χ0n) is 11.7. The van der Waals surface area contributed by atoms with Crippen LogP contribution < -0.4 is 5.32 Å². The van der Waals surface area contributed by atoms with E-state index in [4.69, 9.17) is 50.8 Å². The first-order valence-corrected chi connectivity index (χ1v) is 8.00. The van der Waals surface area contributed by atoms with E-state index in [1.807, 2.05) is 0 Å². The molecule has 122 valence electrons. The summed E-state index contributed by atoms with van der Waals surface area (Å²) < 4.78 is 5.40. The number of nitrogens with one attached hydrogen (secondary N) is 1. The lowest BCUT2D eigenvalue weighted by Crippen LogP contribution is -2.12. The molecule has 24 heavy (non-hydrogen) atoms. The maximum atomic E-state index is 12.2. The average molecular weight is 403 g/mol. The zero-order chi connectivity index (χ0) is 17.3. The van der Waals surface area contributed by atoms with E-state index in [-0.39, 0.29) is 17.5 Å². The predicted molar refractivity (Wildman–Crippen MR) is 94.2 cm³/mol. The molecule has 1 N–H and O–H groups in total. The van der Waals surface area contributed by atoms with Gasteiger partial charge in [0.2, 0.25) is 0 Å². The van der Waals surface area contributed by atoms with Crippen LogP contribution in [0.15, 0.2) is 40.8 Å². The fraction of sp³-hybridized carbons (Fsp3) is 0. The van der Waals surface area contributed by atoms with Crippen molar-refractivity contribution in [1.29, 1.82) is 0 Å². The normalized spacial score (nSPS) is 10.7. The molecule has 0 atom stereocenters. The predicted octanol–water partition coefficient (Wildman–Crippen LogP) is 5.60. The lowest BCUT2D eigenvalue weighted by Gasteiger charge is -2.02. The number of nitrogens with zero attached hydrogens (tertiary/aromatic N) is 2. The Morgan fingerprint density at radius 1 is 0.917 bits per heavy atom. The number of hydrogen-bond acceptors (Lipinski definition) is 4. The summed E-state index contributed by atoms with van der Waals surface area (Å²) in [6, 6.07) is 9.20. The number of halogens is 4. The van der Waals surface area contributed by atoms with Gasteiger partial charge in [-0.15, -0.1) is 5.10 Å². The Hall–Kier alpha value is -1.79. The second-order valence-corrected chi connectivity index (χ2v) is 6.37. The van der Waals surface area contributed by atoms with Gasteiger partial charge in [0.15, 0.2) is 0 Å². The van der Waals surface area contributed by atoms with Gasteiger partial charge < -0.3 is 4.42 Å². The molecule has 3 aromatic rings. The molecular weight excluding hydrogens is 396 g/mol. The van der Waals surface area contributed by atoms with Crippen LogP contribution >= 0.6 is 46.4 Å². The quantitative estimate of drug-likeness (QED) is 0.618. The van der Waals surface area contributed by atoms with Crippen LogP contribution in [0.5, 0.6) is 0 Å². The minimum Gasteiger partial charge on any atom is -0.403 e. The van der Waals surface area contributed by atoms with E-state index in [2.05, 4.69) is 15.5 Å². The van der Waals surface area contributed by atoms with Crippen LogP contribution in [0.2, 0.25) is 20.1 Å². The number of rotatable bonds is 3. The Bertz CT molecular complexity index is 907. The third kappa shape index (κ3) is 3.82. The molecule has 5 nitrogen and oxygen atoms in total. The molecule has 1 heterocycles. The van der Waals surface area contributed by atoms with Crippen LogP contribution in [0, 0.1) is 0 Å². The van der Waals surface area contributed by atoms with E-state index in [9.17, 15) is 4.79 Å². The standard InChI is InChI=1S/C15H7Cl4N3O2/c16-8-1-2-11(12(19)6-8)14-21-22-15(24-14)20-13(23)7-3-9(17)5-10(18)4-7/h1-6H,(H,20,22,23). The van der Waals surface area contributed by atoms with E-state index in [0.29, 0.717) is 25.7 Å². The first kappa shape index (κ1) is 17.0. The van der Waals surface area contributed by atoms with E-state index < -0.39 is 5.91 Å². The van der Waals surface area contributed by atoms with E-state index >= 15 is 0 Å². The minimum absolute atomic E-state index is 0.0860. The van der Waals surface area contributed by atoms with Gasteiger partial charge in [0.05, 0.1) is 10.6 Å². The minimum atomic E-state index is -0.489. The molecule has 0 bridgehead atoms. The van der Waals surface area contributed by atoms with E-state index in [1.165, 1.54) is 18.2 Å². The molecule has 9 heteroatoms. The Morgan fingerprint density at radius 3 is 2.29 bits per heavy atom. The highest BCUT2D eigenvalue weighted by atomic mass is 35.5. The molecule has 0 radical (unpaired) electrons. The molecule has 0 spiro atoms. The second kappa shape index (κ2) is 6.99. The number of aromatic nitrogens is 2. The molecule has 0 aliphatic carbocycles. The van der Waals surface area contributed by atoms with Crippen molar-refractivity contribution in [3.05, 3.63) is 62.1 Å². The highest BCUT2D eigenvalue weighted by molar-refractivity contribution is 6.36. The van der Waals surface area contributed by atoms with Crippen molar-refractivity contribution >= 4 is 58.3 Å². The fourth-order valence-electron chi connectivity index (χ4n) is 1.90. The van der Waals surface area contributed by atoms with Gasteiger partial charge in [-0.25, -0.2) is 0 Å². The van der Waals surface area contributed by atoms with Crippen molar-refractivity contribution in [2.75, 3.05) is 5.32 Å². The summed E-state index contributed by atoms with van der Waals surface area (Å²) in [5.41, 5.74) is 0.761. The van der Waals surface area contributed by atoms with Crippen molar-refractivity contribution < 1.29 is 9.21 Å². The fourth-order valence-corrected chi connectivity index (χ4v) is 2.92. The molecule has 0 unspecified atom stereocenters. The Labute approximate surface area is 156 Å². The molecule has 0 saturated carbocycles. The summed E-state index contributed by atoms with van der Waals surface area (Å²) in [7, 11) is 0. The maximum Gasteiger partial charge on any atom is 0.322 e. The van der Waals surface area contributed by atoms with Crippen LogP contribution in [-0.2, 0) is 0 Å². The van der Waals surface area contributed by atoms with Crippen molar-refractivity contribution in [1.82, 2.24) is 10.2 Å². The summed E-state index contributed by atoms with van der Waals surface area (Å²) in [4.78, 5) is 12.2. The van der Waals surface area contributed by atoms with Gasteiger partial charge in [-0.3, -0.25) is 10.1 Å². The Balaban J connectivity index is 1.82. The topological polar surface area (TPSA) is 68.0 Å². The summed E-state index contributed by atoms with van der Waals surface area (Å²) in [6.45, 7) is 0. The summed E-state index contributed by atoms with van der Waals surface area (Å²) >= 11 is 23.7. The maximum absolute atomic E-state index is 12.2. The molecule has 0 saturated heterocycles. The molecule has 0 aliphatic heterocycles. The molecule has 2 aromatic carbocycles. The SMILES string of the molecule is O=C(Nc1nnc(-c2ccc(Cl)cc2Cl)o1)c1cc(Cl)cc(Cl)c1. The molecule has 1 amide bonds. The lowest BCUT2D eigenvalue weighted by atomic mass is 10.2. The number of carbonyl (C=O) groups excluding carboxylic acids is 1. The Morgan fingerprint density at radius 2 is 1.62 bits per heavy atom. The monoisotopic (exact) mass is 401 g/mol. The second-order valence-electron chi connectivity index (χ2n) is 4.65. The number of hydrogen-bond donors (Lipinski definition) is 1. The Kier molecular flexibility index (Phi) is 4.96. The van der Waals surface area contributed by atoms with Gasteiger partial charge in [-0.1, -0.05) is 51.5 Å². The molecule has 0 aliphatic rings. The highest BCUT2D eigenvalue weighted by Gasteiger charge is 2.15. The first-order chi connectivity index (χ1) is 11.4.